The van der Waals surface area contributed by atoms with Crippen molar-refractivity contribution in [1.29, 1.82) is 0 Å². The highest BCUT2D eigenvalue weighted by Crippen LogP contribution is 2.30. The highest BCUT2D eigenvalue weighted by molar-refractivity contribution is 6.33. The van der Waals surface area contributed by atoms with Crippen LogP contribution >= 0.6 is 11.6 Å². The van der Waals surface area contributed by atoms with Gasteiger partial charge < -0.3 is 10.6 Å². The first-order chi connectivity index (χ1) is 13.6. The zero-order valence-corrected chi connectivity index (χ0v) is 15.8. The summed E-state index contributed by atoms with van der Waals surface area (Å²) in [6.07, 6.45) is 2.35. The van der Waals surface area contributed by atoms with Gasteiger partial charge in [-0.2, -0.15) is 0 Å². The lowest BCUT2D eigenvalue weighted by molar-refractivity contribution is 0.0962. The molecule has 0 radical (unpaired) electrons. The molecule has 0 fully saturated rings. The van der Waals surface area contributed by atoms with Crippen molar-refractivity contribution < 1.29 is 4.79 Å². The second-order valence-electron chi connectivity index (χ2n) is 6.46. The van der Waals surface area contributed by atoms with Crippen LogP contribution in [0, 0.1) is 0 Å². The fourth-order valence-electron chi connectivity index (χ4n) is 3.24. The molecule has 2 aromatic carbocycles. The molecule has 0 atom stereocenters. The topological polar surface area (TPSA) is 96.2 Å². The summed E-state index contributed by atoms with van der Waals surface area (Å²) in [5, 5.41) is 0.366. The molecule has 3 aromatic rings. The SMILES string of the molecule is Nc1c(NNC(=O)c2ccccc2Cl)ncnc1N1CCc2ccccc2C1. The third-order valence-electron chi connectivity index (χ3n) is 4.71. The van der Waals surface area contributed by atoms with Crippen molar-refractivity contribution in [2.75, 3.05) is 22.6 Å². The molecule has 1 aromatic heterocycles. The van der Waals surface area contributed by atoms with Gasteiger partial charge in [0, 0.05) is 13.1 Å². The maximum atomic E-state index is 12.3. The second-order valence-corrected chi connectivity index (χ2v) is 6.87. The number of amides is 1. The largest absolute Gasteiger partial charge is 0.393 e. The van der Waals surface area contributed by atoms with Crippen LogP contribution in [-0.2, 0) is 13.0 Å². The highest BCUT2D eigenvalue weighted by atomic mass is 35.5. The molecule has 1 aliphatic rings. The molecule has 8 heteroatoms. The van der Waals surface area contributed by atoms with Gasteiger partial charge in [-0.3, -0.25) is 15.6 Å². The summed E-state index contributed by atoms with van der Waals surface area (Å²) in [6, 6.07) is 15.1. The minimum atomic E-state index is -0.378. The van der Waals surface area contributed by atoms with Gasteiger partial charge in [-0.05, 0) is 29.7 Å². The zero-order chi connectivity index (χ0) is 19.5. The van der Waals surface area contributed by atoms with Crippen LogP contribution in [0.4, 0.5) is 17.3 Å². The first kappa shape index (κ1) is 18.1. The third kappa shape index (κ3) is 3.57. The van der Waals surface area contributed by atoms with Crippen molar-refractivity contribution in [2.45, 2.75) is 13.0 Å². The Labute approximate surface area is 167 Å². The van der Waals surface area contributed by atoms with Gasteiger partial charge in [-0.1, -0.05) is 48.0 Å². The molecule has 0 aliphatic carbocycles. The molecule has 142 valence electrons. The number of aromatic nitrogens is 2. The molecule has 0 saturated heterocycles. The van der Waals surface area contributed by atoms with E-state index in [0.29, 0.717) is 27.9 Å². The van der Waals surface area contributed by atoms with Gasteiger partial charge in [0.1, 0.15) is 12.0 Å². The normalized spacial score (nSPS) is 13.0. The van der Waals surface area contributed by atoms with Crippen LogP contribution < -0.4 is 21.5 Å². The van der Waals surface area contributed by atoms with Gasteiger partial charge in [0.2, 0.25) is 0 Å². The number of nitrogens with two attached hydrogens (primary N) is 1. The number of nitrogen functional groups attached to an aromatic ring is 1. The van der Waals surface area contributed by atoms with E-state index < -0.39 is 0 Å². The van der Waals surface area contributed by atoms with Crippen LogP contribution in [0.3, 0.4) is 0 Å². The second kappa shape index (κ2) is 7.74. The van der Waals surface area contributed by atoms with Gasteiger partial charge >= 0.3 is 0 Å². The molecule has 1 amide bonds. The fourth-order valence-corrected chi connectivity index (χ4v) is 3.46. The molecule has 28 heavy (non-hydrogen) atoms. The first-order valence-corrected chi connectivity index (χ1v) is 9.24. The Hall–Kier alpha value is -3.32. The summed E-state index contributed by atoms with van der Waals surface area (Å²) in [6.45, 7) is 1.53. The lowest BCUT2D eigenvalue weighted by Crippen LogP contribution is -2.33. The van der Waals surface area contributed by atoms with Crippen molar-refractivity contribution in [3.8, 4) is 0 Å². The van der Waals surface area contributed by atoms with Crippen LogP contribution in [0.1, 0.15) is 21.5 Å². The minimum absolute atomic E-state index is 0.337. The fraction of sp³-hybridized carbons (Fsp3) is 0.150. The number of nitrogens with one attached hydrogen (secondary N) is 2. The van der Waals surface area contributed by atoms with Crippen molar-refractivity contribution in [3.05, 3.63) is 76.6 Å². The van der Waals surface area contributed by atoms with Crippen molar-refractivity contribution in [1.82, 2.24) is 15.4 Å². The van der Waals surface area contributed by atoms with E-state index in [-0.39, 0.29) is 5.91 Å². The number of hydrogen-bond acceptors (Lipinski definition) is 6. The van der Waals surface area contributed by atoms with Gasteiger partial charge in [0.25, 0.3) is 5.91 Å². The van der Waals surface area contributed by atoms with Crippen LogP contribution in [-0.4, -0.2) is 22.4 Å². The monoisotopic (exact) mass is 394 g/mol. The number of rotatable bonds is 4. The molecular weight excluding hydrogens is 376 g/mol. The average molecular weight is 395 g/mol. The molecule has 4 N–H and O–H groups in total. The predicted molar refractivity (Wildman–Crippen MR) is 110 cm³/mol. The number of nitrogens with zero attached hydrogens (tertiary/aromatic N) is 3. The lowest BCUT2D eigenvalue weighted by Gasteiger charge is -2.30. The smallest absolute Gasteiger partial charge is 0.271 e. The molecular formula is C20H19ClN6O. The number of hydrogen-bond donors (Lipinski definition) is 3. The van der Waals surface area contributed by atoms with E-state index in [2.05, 4.69) is 43.9 Å². The van der Waals surface area contributed by atoms with Gasteiger partial charge in [0.15, 0.2) is 11.6 Å². The maximum absolute atomic E-state index is 12.3. The Balaban J connectivity index is 1.50. The van der Waals surface area contributed by atoms with Gasteiger partial charge in [0.05, 0.1) is 10.6 Å². The molecule has 0 saturated carbocycles. The number of halogens is 1. The standard InChI is InChI=1S/C20H19ClN6O/c21-16-8-4-3-7-15(16)20(28)26-25-18-17(22)19(24-12-23-18)27-10-9-13-5-1-2-6-14(13)11-27/h1-8,12H,9-11,22H2,(H,26,28)(H,23,24,25). The summed E-state index contributed by atoms with van der Waals surface area (Å²) in [5.74, 6) is 0.598. The van der Waals surface area contributed by atoms with Crippen molar-refractivity contribution >= 4 is 34.8 Å². The average Bonchev–Trinajstić information content (AvgIpc) is 2.73. The van der Waals surface area contributed by atoms with E-state index in [1.807, 2.05) is 6.07 Å². The number of hydrazine groups is 1. The van der Waals surface area contributed by atoms with E-state index in [9.17, 15) is 4.79 Å². The molecule has 2 heterocycles. The summed E-state index contributed by atoms with van der Waals surface area (Å²) in [5.41, 5.74) is 15.0. The van der Waals surface area contributed by atoms with Crippen LogP contribution in [0.15, 0.2) is 54.9 Å². The number of carbonyl (C=O) groups is 1. The van der Waals surface area contributed by atoms with E-state index in [4.69, 9.17) is 17.3 Å². The number of carbonyl (C=O) groups excluding carboxylic acids is 1. The van der Waals surface area contributed by atoms with Crippen LogP contribution in [0.5, 0.6) is 0 Å². The summed E-state index contributed by atoms with van der Waals surface area (Å²) < 4.78 is 0. The number of anilines is 3. The Morgan fingerprint density at radius 3 is 2.64 bits per heavy atom. The van der Waals surface area contributed by atoms with Crippen molar-refractivity contribution in [2.24, 2.45) is 0 Å². The Morgan fingerprint density at radius 1 is 1.07 bits per heavy atom. The molecule has 0 bridgehead atoms. The Kier molecular flexibility index (Phi) is 4.99. The summed E-state index contributed by atoms with van der Waals surface area (Å²) in [7, 11) is 0. The highest BCUT2D eigenvalue weighted by Gasteiger charge is 2.21. The maximum Gasteiger partial charge on any atom is 0.271 e. The Morgan fingerprint density at radius 2 is 1.82 bits per heavy atom. The van der Waals surface area contributed by atoms with E-state index >= 15 is 0 Å². The zero-order valence-electron chi connectivity index (χ0n) is 15.0. The summed E-state index contributed by atoms with van der Waals surface area (Å²) in [4.78, 5) is 22.9. The molecule has 0 spiro atoms. The van der Waals surface area contributed by atoms with E-state index in [0.717, 1.165) is 19.5 Å². The summed E-state index contributed by atoms with van der Waals surface area (Å²) >= 11 is 6.05. The van der Waals surface area contributed by atoms with Gasteiger partial charge in [-0.25, -0.2) is 9.97 Å². The minimum Gasteiger partial charge on any atom is -0.393 e. The first-order valence-electron chi connectivity index (χ1n) is 8.86. The number of fused-ring (bicyclic) bond motifs is 1. The molecule has 1 aliphatic heterocycles. The number of benzene rings is 2. The molecule has 4 rings (SSSR count). The van der Waals surface area contributed by atoms with E-state index in [1.54, 1.807) is 24.3 Å². The molecule has 7 nitrogen and oxygen atoms in total. The molecule has 0 unspecified atom stereocenters. The third-order valence-corrected chi connectivity index (χ3v) is 5.04. The predicted octanol–water partition coefficient (Wildman–Crippen LogP) is 3.03. The van der Waals surface area contributed by atoms with E-state index in [1.165, 1.54) is 17.5 Å². The van der Waals surface area contributed by atoms with Crippen molar-refractivity contribution in [3.63, 3.8) is 0 Å². The lowest BCUT2D eigenvalue weighted by atomic mass is 10.00. The quantitative estimate of drug-likeness (QED) is 0.588. The Bertz CT molecular complexity index is 1030. The van der Waals surface area contributed by atoms with Crippen LogP contribution in [0.2, 0.25) is 5.02 Å². The van der Waals surface area contributed by atoms with Crippen LogP contribution in [0.25, 0.3) is 0 Å². The van der Waals surface area contributed by atoms with Gasteiger partial charge in [-0.15, -0.1) is 0 Å².